The van der Waals surface area contributed by atoms with Gasteiger partial charge in [-0.05, 0) is 36.3 Å². The smallest absolute Gasteiger partial charge is 0.209 e. The summed E-state index contributed by atoms with van der Waals surface area (Å²) in [6.45, 7) is 6.88. The molecule has 1 atom stereocenters. The van der Waals surface area contributed by atoms with Gasteiger partial charge in [0.15, 0.2) is 0 Å². The van der Waals surface area contributed by atoms with Gasteiger partial charge >= 0.3 is 0 Å². The Hall–Kier alpha value is -1.07. The molecule has 0 aliphatic heterocycles. The Morgan fingerprint density at radius 1 is 1.15 bits per heavy atom. The summed E-state index contributed by atoms with van der Waals surface area (Å²) in [6, 6.07) is 8.03. The van der Waals surface area contributed by atoms with Crippen LogP contribution in [0.25, 0.3) is 0 Å². The van der Waals surface area contributed by atoms with E-state index in [9.17, 15) is 8.42 Å². The van der Waals surface area contributed by atoms with E-state index in [-0.39, 0.29) is 11.7 Å². The van der Waals surface area contributed by atoms with E-state index in [0.29, 0.717) is 18.9 Å². The van der Waals surface area contributed by atoms with Gasteiger partial charge in [0.05, 0.1) is 12.4 Å². The van der Waals surface area contributed by atoms with Crippen LogP contribution < -0.4 is 9.88 Å². The van der Waals surface area contributed by atoms with Gasteiger partial charge in [-0.1, -0.05) is 39.0 Å². The molecule has 0 radical (unpaired) electrons. The zero-order chi connectivity index (χ0) is 15.2. The molecule has 0 aliphatic carbocycles. The molecular formula is C15H25NO3S. The predicted molar refractivity (Wildman–Crippen MR) is 82.4 cm³/mol. The maximum absolute atomic E-state index is 10.9. The van der Waals surface area contributed by atoms with Crippen LogP contribution in [-0.4, -0.2) is 20.8 Å². The van der Waals surface area contributed by atoms with Crippen LogP contribution in [0.1, 0.15) is 45.1 Å². The zero-order valence-corrected chi connectivity index (χ0v) is 13.3. The summed E-state index contributed by atoms with van der Waals surface area (Å²) in [7, 11) is -3.36. The van der Waals surface area contributed by atoms with E-state index in [0.717, 1.165) is 12.2 Å². The van der Waals surface area contributed by atoms with Crippen molar-refractivity contribution in [2.45, 2.75) is 39.5 Å². The second kappa shape index (κ2) is 7.64. The fourth-order valence-electron chi connectivity index (χ4n) is 1.97. The second-order valence-electron chi connectivity index (χ2n) is 5.59. The highest BCUT2D eigenvalue weighted by atomic mass is 32.2. The van der Waals surface area contributed by atoms with Crippen LogP contribution >= 0.6 is 0 Å². The molecule has 1 rings (SSSR count). The SMILES string of the molecule is CC(CCOc1ccccc1C(C)C)CCS(N)(=O)=O. The number of benzene rings is 1. The summed E-state index contributed by atoms with van der Waals surface area (Å²) >= 11 is 0. The summed E-state index contributed by atoms with van der Waals surface area (Å²) in [5.41, 5.74) is 1.20. The van der Waals surface area contributed by atoms with E-state index in [1.54, 1.807) is 0 Å². The Morgan fingerprint density at radius 2 is 1.80 bits per heavy atom. The molecule has 5 heteroatoms. The van der Waals surface area contributed by atoms with Gasteiger partial charge in [-0.3, -0.25) is 0 Å². The van der Waals surface area contributed by atoms with Crippen molar-refractivity contribution in [1.82, 2.24) is 0 Å². The van der Waals surface area contributed by atoms with Crippen molar-refractivity contribution in [2.24, 2.45) is 11.1 Å². The zero-order valence-electron chi connectivity index (χ0n) is 12.5. The lowest BCUT2D eigenvalue weighted by Crippen LogP contribution is -2.18. The van der Waals surface area contributed by atoms with Gasteiger partial charge in [0.1, 0.15) is 5.75 Å². The Balaban J connectivity index is 2.41. The number of hydrogen-bond acceptors (Lipinski definition) is 3. The summed E-state index contributed by atoms with van der Waals surface area (Å²) in [4.78, 5) is 0. The average molecular weight is 299 g/mol. The van der Waals surface area contributed by atoms with E-state index < -0.39 is 10.0 Å². The molecule has 1 aromatic carbocycles. The number of ether oxygens (including phenoxy) is 1. The highest BCUT2D eigenvalue weighted by Gasteiger charge is 2.10. The molecule has 0 spiro atoms. The predicted octanol–water partition coefficient (Wildman–Crippen LogP) is 2.89. The van der Waals surface area contributed by atoms with Gasteiger partial charge in [0.2, 0.25) is 10.0 Å². The highest BCUT2D eigenvalue weighted by Crippen LogP contribution is 2.26. The van der Waals surface area contributed by atoms with Crippen LogP contribution in [0, 0.1) is 5.92 Å². The van der Waals surface area contributed by atoms with Crippen LogP contribution in [0.2, 0.25) is 0 Å². The molecule has 2 N–H and O–H groups in total. The Kier molecular flexibility index (Phi) is 6.49. The number of sulfonamides is 1. The number of rotatable bonds is 8. The molecule has 20 heavy (non-hydrogen) atoms. The molecule has 1 aromatic rings. The highest BCUT2D eigenvalue weighted by molar-refractivity contribution is 7.89. The first-order valence-electron chi connectivity index (χ1n) is 7.02. The lowest BCUT2D eigenvalue weighted by Gasteiger charge is -2.15. The van der Waals surface area contributed by atoms with Gasteiger partial charge < -0.3 is 4.74 Å². The number of primary sulfonamides is 1. The maximum Gasteiger partial charge on any atom is 0.209 e. The summed E-state index contributed by atoms with van der Waals surface area (Å²) in [5.74, 6) is 1.66. The third kappa shape index (κ3) is 6.39. The van der Waals surface area contributed by atoms with Crippen LogP contribution in [0.4, 0.5) is 0 Å². The molecule has 0 fully saturated rings. The summed E-state index contributed by atoms with van der Waals surface area (Å²) in [5, 5.41) is 5.00. The normalized spacial score (nSPS) is 13.4. The molecule has 0 amide bonds. The molecule has 1 unspecified atom stereocenters. The molecule has 4 nitrogen and oxygen atoms in total. The first-order chi connectivity index (χ1) is 9.29. The summed E-state index contributed by atoms with van der Waals surface area (Å²) < 4.78 is 27.6. The molecule has 114 valence electrons. The monoisotopic (exact) mass is 299 g/mol. The minimum Gasteiger partial charge on any atom is -0.493 e. The Labute approximate surface area is 122 Å². The van der Waals surface area contributed by atoms with Gasteiger partial charge in [-0.15, -0.1) is 0 Å². The van der Waals surface area contributed by atoms with Gasteiger partial charge in [-0.25, -0.2) is 13.6 Å². The number of para-hydroxylation sites is 1. The first-order valence-corrected chi connectivity index (χ1v) is 8.73. The van der Waals surface area contributed by atoms with Crippen molar-refractivity contribution < 1.29 is 13.2 Å². The topological polar surface area (TPSA) is 69.4 Å². The van der Waals surface area contributed by atoms with Gasteiger partial charge in [-0.2, -0.15) is 0 Å². The standard InChI is InChI=1S/C15H25NO3S/c1-12(2)14-6-4-5-7-15(14)19-10-8-13(3)9-11-20(16,17)18/h4-7,12-13H,8-11H2,1-3H3,(H2,16,17,18). The molecule has 0 saturated carbocycles. The second-order valence-corrected chi connectivity index (χ2v) is 7.32. The molecule has 0 aliphatic rings. The largest absolute Gasteiger partial charge is 0.493 e. The third-order valence-corrected chi connectivity index (χ3v) is 4.11. The number of nitrogens with two attached hydrogens (primary N) is 1. The van der Waals surface area contributed by atoms with Crippen molar-refractivity contribution in [3.8, 4) is 5.75 Å². The lowest BCUT2D eigenvalue weighted by atomic mass is 10.0. The van der Waals surface area contributed by atoms with E-state index in [1.807, 2.05) is 25.1 Å². The fourth-order valence-corrected chi connectivity index (χ4v) is 2.70. The van der Waals surface area contributed by atoms with Crippen molar-refractivity contribution in [3.63, 3.8) is 0 Å². The van der Waals surface area contributed by atoms with E-state index in [2.05, 4.69) is 19.9 Å². The van der Waals surface area contributed by atoms with Gasteiger partial charge in [0.25, 0.3) is 0 Å². The Morgan fingerprint density at radius 3 is 2.40 bits per heavy atom. The van der Waals surface area contributed by atoms with Crippen molar-refractivity contribution in [3.05, 3.63) is 29.8 Å². The minimum absolute atomic E-state index is 0.0384. The van der Waals surface area contributed by atoms with E-state index in [1.165, 1.54) is 5.56 Å². The molecule has 0 heterocycles. The summed E-state index contributed by atoms with van der Waals surface area (Å²) in [6.07, 6.45) is 1.40. The minimum atomic E-state index is -3.36. The van der Waals surface area contributed by atoms with Crippen molar-refractivity contribution in [1.29, 1.82) is 0 Å². The fraction of sp³-hybridized carbons (Fsp3) is 0.600. The quantitative estimate of drug-likeness (QED) is 0.802. The van der Waals surface area contributed by atoms with Crippen molar-refractivity contribution in [2.75, 3.05) is 12.4 Å². The molecule has 0 bridgehead atoms. The average Bonchev–Trinajstić information content (AvgIpc) is 2.36. The Bertz CT molecular complexity index is 512. The van der Waals surface area contributed by atoms with Crippen LogP contribution in [-0.2, 0) is 10.0 Å². The van der Waals surface area contributed by atoms with Crippen LogP contribution in [0.3, 0.4) is 0 Å². The maximum atomic E-state index is 10.9. The van der Waals surface area contributed by atoms with Gasteiger partial charge in [0, 0.05) is 0 Å². The van der Waals surface area contributed by atoms with E-state index >= 15 is 0 Å². The lowest BCUT2D eigenvalue weighted by molar-refractivity contribution is 0.278. The number of hydrogen-bond donors (Lipinski definition) is 1. The first kappa shape index (κ1) is 17.0. The molecule has 0 aromatic heterocycles. The molecule has 0 saturated heterocycles. The van der Waals surface area contributed by atoms with E-state index in [4.69, 9.17) is 9.88 Å². The van der Waals surface area contributed by atoms with Crippen LogP contribution in [0.5, 0.6) is 5.75 Å². The third-order valence-electron chi connectivity index (χ3n) is 3.30. The van der Waals surface area contributed by atoms with Crippen molar-refractivity contribution >= 4 is 10.0 Å². The van der Waals surface area contributed by atoms with Crippen LogP contribution in [0.15, 0.2) is 24.3 Å². The molecular weight excluding hydrogens is 274 g/mol.